The molecule has 0 N–H and O–H groups in total. The SMILES string of the molecule is COC(=O)c1cc(C(=O)OC)cc(-n2cc(-c3cc(C(C)(C)C)cc(C(C)(C)C)c3)nn2)c1.c1cc2nc(c1)-c1cccc(n1)-c1ccc(cc1)OCCCCCCCCOc1ccc(cc1)CCC2. The molecule has 4 aliphatic heterocycles. The number of methoxy groups -OCH3 is 2. The first-order valence-corrected chi connectivity index (χ1v) is 24.5. The predicted octanol–water partition coefficient (Wildman–Crippen LogP) is 13.2. The van der Waals surface area contributed by atoms with Gasteiger partial charge in [-0.2, -0.15) is 0 Å². The zero-order chi connectivity index (χ0) is 49.7. The smallest absolute Gasteiger partial charge is 0.337 e. The van der Waals surface area contributed by atoms with Crippen molar-refractivity contribution in [2.24, 2.45) is 0 Å². The molecule has 0 atom stereocenters. The third-order valence-electron chi connectivity index (χ3n) is 12.3. The van der Waals surface area contributed by atoms with Gasteiger partial charge in [0.05, 0.1) is 67.5 Å². The minimum absolute atomic E-state index is 0.0315. The zero-order valence-corrected chi connectivity index (χ0v) is 42.1. The second kappa shape index (κ2) is 23.4. The Kier molecular flexibility index (Phi) is 17.0. The molecule has 0 amide bonds. The summed E-state index contributed by atoms with van der Waals surface area (Å²) in [5, 5.41) is 8.64. The highest BCUT2D eigenvalue weighted by Gasteiger charge is 2.22. The highest BCUT2D eigenvalue weighted by molar-refractivity contribution is 5.96. The summed E-state index contributed by atoms with van der Waals surface area (Å²) in [6, 6.07) is 40.4. The minimum atomic E-state index is -0.560. The van der Waals surface area contributed by atoms with Crippen molar-refractivity contribution in [2.75, 3.05) is 27.4 Å². The monoisotopic (exact) mass is 942 g/mol. The first-order valence-electron chi connectivity index (χ1n) is 24.5. The van der Waals surface area contributed by atoms with Crippen LogP contribution < -0.4 is 9.47 Å². The van der Waals surface area contributed by atoms with Gasteiger partial charge < -0.3 is 18.9 Å². The molecule has 3 aromatic heterocycles. The summed E-state index contributed by atoms with van der Waals surface area (Å²) >= 11 is 0. The van der Waals surface area contributed by atoms with E-state index in [9.17, 15) is 9.59 Å². The summed E-state index contributed by atoms with van der Waals surface area (Å²) in [5.41, 5.74) is 11.2. The molecule has 0 radical (unpaired) electrons. The summed E-state index contributed by atoms with van der Waals surface area (Å²) in [7, 11) is 2.57. The molecule has 0 saturated heterocycles. The van der Waals surface area contributed by atoms with Gasteiger partial charge in [-0.15, -0.1) is 5.10 Å². The Labute approximate surface area is 413 Å². The lowest BCUT2D eigenvalue weighted by atomic mass is 9.79. The Morgan fingerprint density at radius 1 is 0.529 bits per heavy atom. The summed E-state index contributed by atoms with van der Waals surface area (Å²) in [6.07, 6.45) is 11.9. The van der Waals surface area contributed by atoms with E-state index in [1.807, 2.05) is 24.3 Å². The van der Waals surface area contributed by atoms with E-state index in [1.54, 1.807) is 18.3 Å². The number of carbonyl (C=O) groups is 2. The van der Waals surface area contributed by atoms with E-state index in [-0.39, 0.29) is 22.0 Å². The van der Waals surface area contributed by atoms with Crippen LogP contribution in [0.25, 0.3) is 39.6 Å². The third-order valence-corrected chi connectivity index (χ3v) is 12.3. The van der Waals surface area contributed by atoms with E-state index in [0.717, 1.165) is 90.7 Å². The number of hydrogen-bond donors (Lipinski definition) is 0. The van der Waals surface area contributed by atoms with E-state index in [2.05, 4.69) is 131 Å². The lowest BCUT2D eigenvalue weighted by molar-refractivity contribution is 0.0599. The van der Waals surface area contributed by atoms with Gasteiger partial charge in [-0.1, -0.05) is 103 Å². The van der Waals surface area contributed by atoms with E-state index in [0.29, 0.717) is 11.4 Å². The highest BCUT2D eigenvalue weighted by atomic mass is 16.5. The van der Waals surface area contributed by atoms with Crippen LogP contribution >= 0.6 is 0 Å². The average molecular weight is 942 g/mol. The fourth-order valence-electron chi connectivity index (χ4n) is 8.12. The van der Waals surface area contributed by atoms with Crippen LogP contribution in [-0.4, -0.2) is 64.3 Å². The molecule has 8 bridgehead atoms. The highest BCUT2D eigenvalue weighted by Crippen LogP contribution is 2.34. The molecule has 0 spiro atoms. The normalized spacial score (nSPS) is 13.7. The van der Waals surface area contributed by atoms with Crippen molar-refractivity contribution in [3.8, 4) is 51.1 Å². The van der Waals surface area contributed by atoms with Gasteiger partial charge in [0.25, 0.3) is 0 Å². The maximum Gasteiger partial charge on any atom is 0.337 e. The summed E-state index contributed by atoms with van der Waals surface area (Å²) < 4.78 is 23.1. The van der Waals surface area contributed by atoms with Crippen molar-refractivity contribution >= 4 is 11.9 Å². The maximum atomic E-state index is 12.1. The van der Waals surface area contributed by atoms with Crippen LogP contribution in [0.15, 0.2) is 128 Å². The van der Waals surface area contributed by atoms with Crippen molar-refractivity contribution < 1.29 is 28.5 Å². The van der Waals surface area contributed by atoms with Crippen LogP contribution in [0, 0.1) is 0 Å². The molecule has 4 aliphatic rings. The van der Waals surface area contributed by atoms with Crippen molar-refractivity contribution in [1.29, 1.82) is 0 Å². The largest absolute Gasteiger partial charge is 0.494 e. The van der Waals surface area contributed by atoms with Crippen LogP contribution in [0.5, 0.6) is 11.5 Å². The van der Waals surface area contributed by atoms with Crippen LogP contribution in [0.3, 0.4) is 0 Å². The number of carbonyl (C=O) groups excluding carboxylic acids is 2. The summed E-state index contributed by atoms with van der Waals surface area (Å²) in [4.78, 5) is 34.1. The standard InChI is InChI=1S/C33H36N2O2.C26H31N3O4/c1-2-4-6-25-37-30-22-18-27(19-23-30)31-13-9-15-33(35-31)32-14-8-12-28(34-32)11-7-10-26-16-20-29(21-17-26)36-24-5-3-1;1-25(2,3)19-10-16(11-20(14-19)26(4,5)6)22-15-29(28-27-22)21-12-17(23(30)32-7)9-18(13-21)24(31)33-8/h8-9,12-23H,1-7,10-11,24-25H2;9-15H,1-8H3. The van der Waals surface area contributed by atoms with Gasteiger partial charge in [0, 0.05) is 16.8 Å². The molecule has 7 heterocycles. The van der Waals surface area contributed by atoms with Gasteiger partial charge in [-0.25, -0.2) is 19.3 Å². The van der Waals surface area contributed by atoms with Crippen LogP contribution in [0.1, 0.15) is 130 Å². The zero-order valence-electron chi connectivity index (χ0n) is 42.1. The van der Waals surface area contributed by atoms with Gasteiger partial charge in [0.2, 0.25) is 0 Å². The van der Waals surface area contributed by atoms with Crippen LogP contribution in [0.4, 0.5) is 0 Å². The average Bonchev–Trinajstić information content (AvgIpc) is 3.87. The van der Waals surface area contributed by atoms with Gasteiger partial charge in [0.1, 0.15) is 17.2 Å². The molecule has 0 aliphatic carbocycles. The number of hydrogen-bond acceptors (Lipinski definition) is 10. The summed E-state index contributed by atoms with van der Waals surface area (Å²) in [6.45, 7) is 14.6. The second-order valence-electron chi connectivity index (χ2n) is 19.9. The fourth-order valence-corrected chi connectivity index (χ4v) is 8.12. The maximum absolute atomic E-state index is 12.1. The van der Waals surface area contributed by atoms with Crippen LogP contribution in [0.2, 0.25) is 0 Å². The number of rotatable bonds is 4. The van der Waals surface area contributed by atoms with Gasteiger partial charge in [-0.05, 0) is 151 Å². The lowest BCUT2D eigenvalue weighted by Gasteiger charge is -2.26. The molecule has 7 aromatic rings. The predicted molar refractivity (Wildman–Crippen MR) is 277 cm³/mol. The number of aromatic nitrogens is 5. The third kappa shape index (κ3) is 14.0. The Morgan fingerprint density at radius 2 is 1.06 bits per heavy atom. The molecule has 0 fully saturated rings. The Balaban J connectivity index is 0.000000208. The van der Waals surface area contributed by atoms with E-state index in [4.69, 9.17) is 28.9 Å². The molecule has 0 saturated carbocycles. The molecule has 0 unspecified atom stereocenters. The van der Waals surface area contributed by atoms with Gasteiger partial charge >= 0.3 is 11.9 Å². The summed E-state index contributed by atoms with van der Waals surface area (Å²) in [5.74, 6) is 0.761. The molecule has 11 rings (SSSR count). The number of pyridine rings is 2. The molecule has 364 valence electrons. The molecule has 11 heteroatoms. The first-order chi connectivity index (χ1) is 33.7. The van der Waals surface area contributed by atoms with Crippen LogP contribution in [-0.2, 0) is 33.1 Å². The van der Waals surface area contributed by atoms with Crippen molar-refractivity contribution in [2.45, 2.75) is 110 Å². The quantitative estimate of drug-likeness (QED) is 0.157. The topological polar surface area (TPSA) is 128 Å². The Bertz CT molecular complexity index is 2770. The Morgan fingerprint density at radius 3 is 1.63 bits per heavy atom. The Hall–Kier alpha value is -7.14. The van der Waals surface area contributed by atoms with Crippen molar-refractivity contribution in [3.05, 3.63) is 161 Å². The minimum Gasteiger partial charge on any atom is -0.494 e. The number of ether oxygens (including phenoxy) is 4. The first kappa shape index (κ1) is 50.7. The second-order valence-corrected chi connectivity index (χ2v) is 19.9. The number of aryl methyl sites for hydroxylation is 2. The van der Waals surface area contributed by atoms with E-state index < -0.39 is 11.9 Å². The number of benzene rings is 4. The van der Waals surface area contributed by atoms with Crippen molar-refractivity contribution in [3.63, 3.8) is 0 Å². The molecular formula is C59H67N5O6. The van der Waals surface area contributed by atoms with E-state index in [1.165, 1.54) is 67.3 Å². The van der Waals surface area contributed by atoms with E-state index >= 15 is 0 Å². The lowest BCUT2D eigenvalue weighted by Crippen LogP contribution is -2.16. The molecular weight excluding hydrogens is 875 g/mol. The van der Waals surface area contributed by atoms with Gasteiger partial charge in [0.15, 0.2) is 0 Å². The number of nitrogens with zero attached hydrogens (tertiary/aromatic N) is 5. The molecule has 4 aromatic carbocycles. The van der Waals surface area contributed by atoms with Crippen molar-refractivity contribution in [1.82, 2.24) is 25.0 Å². The number of esters is 2. The molecule has 70 heavy (non-hydrogen) atoms. The molecule has 11 nitrogen and oxygen atoms in total. The van der Waals surface area contributed by atoms with Gasteiger partial charge in [-0.3, -0.25) is 4.98 Å². The fraction of sp³-hybridized carbons (Fsp3) is 0.356.